The molecular formula is C31H33Cl2N3O2. The van der Waals surface area contributed by atoms with Crippen molar-refractivity contribution < 1.29 is 9.53 Å². The Bertz CT molecular complexity index is 1380. The van der Waals surface area contributed by atoms with Crippen molar-refractivity contribution in [3.8, 4) is 11.3 Å². The molecule has 1 fully saturated rings. The van der Waals surface area contributed by atoms with Crippen molar-refractivity contribution in [2.75, 3.05) is 33.4 Å². The van der Waals surface area contributed by atoms with Crippen molar-refractivity contribution in [1.82, 2.24) is 14.8 Å². The summed E-state index contributed by atoms with van der Waals surface area (Å²) >= 11 is 13.1. The highest BCUT2D eigenvalue weighted by atomic mass is 35.5. The van der Waals surface area contributed by atoms with Gasteiger partial charge >= 0.3 is 0 Å². The van der Waals surface area contributed by atoms with Crippen molar-refractivity contribution in [2.24, 2.45) is 0 Å². The largest absolute Gasteiger partial charge is 0.383 e. The highest BCUT2D eigenvalue weighted by molar-refractivity contribution is 6.36. The molecular weight excluding hydrogens is 517 g/mol. The number of halogens is 2. The molecule has 0 bridgehead atoms. The van der Waals surface area contributed by atoms with E-state index in [0.29, 0.717) is 19.1 Å². The maximum absolute atomic E-state index is 12.9. The van der Waals surface area contributed by atoms with Gasteiger partial charge in [0.1, 0.15) is 6.54 Å². The van der Waals surface area contributed by atoms with Crippen molar-refractivity contribution >= 4 is 40.0 Å². The molecule has 1 aromatic heterocycles. The van der Waals surface area contributed by atoms with Gasteiger partial charge in [0.05, 0.1) is 12.3 Å². The SMILES string of the molecule is COCCNC(=O)Cn1c(-c2ccccc2)c(CN2CCC(c3c(Cl)cccc3Cl)CC2)c2ccccc21. The predicted molar refractivity (Wildman–Crippen MR) is 156 cm³/mol. The average Bonchev–Trinajstić information content (AvgIpc) is 3.23. The van der Waals surface area contributed by atoms with Gasteiger partial charge in [-0.25, -0.2) is 0 Å². The first-order chi connectivity index (χ1) is 18.6. The summed E-state index contributed by atoms with van der Waals surface area (Å²) < 4.78 is 7.27. The number of para-hydroxylation sites is 1. The number of hydrogen-bond donors (Lipinski definition) is 1. The molecule has 1 N–H and O–H groups in total. The summed E-state index contributed by atoms with van der Waals surface area (Å²) in [5, 5.41) is 5.68. The van der Waals surface area contributed by atoms with Crippen LogP contribution in [0.4, 0.5) is 0 Å². The minimum atomic E-state index is -0.0241. The number of nitrogens with zero attached hydrogens (tertiary/aromatic N) is 2. The predicted octanol–water partition coefficient (Wildman–Crippen LogP) is 6.76. The zero-order chi connectivity index (χ0) is 26.5. The lowest BCUT2D eigenvalue weighted by Crippen LogP contribution is -2.33. The Labute approximate surface area is 234 Å². The molecule has 1 saturated heterocycles. The number of hydrogen-bond acceptors (Lipinski definition) is 3. The fraction of sp³-hybridized carbons (Fsp3) is 0.323. The molecule has 0 spiro atoms. The Morgan fingerprint density at radius 2 is 1.63 bits per heavy atom. The molecule has 0 atom stereocenters. The summed E-state index contributed by atoms with van der Waals surface area (Å²) in [4.78, 5) is 15.4. The molecule has 1 aliphatic rings. The number of amides is 1. The van der Waals surface area contributed by atoms with E-state index < -0.39 is 0 Å². The summed E-state index contributed by atoms with van der Waals surface area (Å²) in [7, 11) is 1.64. The van der Waals surface area contributed by atoms with Gasteiger partial charge in [-0.2, -0.15) is 0 Å². The van der Waals surface area contributed by atoms with Gasteiger partial charge in [0.2, 0.25) is 5.91 Å². The summed E-state index contributed by atoms with van der Waals surface area (Å²) in [6, 6.07) is 24.6. The lowest BCUT2D eigenvalue weighted by atomic mass is 9.89. The van der Waals surface area contributed by atoms with Crippen LogP contribution in [0.15, 0.2) is 72.8 Å². The first-order valence-electron chi connectivity index (χ1n) is 13.1. The second-order valence-corrected chi connectivity index (χ2v) is 10.6. The summed E-state index contributed by atoms with van der Waals surface area (Å²) in [6.45, 7) is 3.96. The molecule has 1 aliphatic heterocycles. The molecule has 2 heterocycles. The molecule has 4 aromatic rings. The van der Waals surface area contributed by atoms with E-state index in [9.17, 15) is 4.79 Å². The van der Waals surface area contributed by atoms with E-state index in [1.54, 1.807) is 7.11 Å². The number of benzene rings is 3. The Hall–Kier alpha value is -2.83. The molecule has 7 heteroatoms. The van der Waals surface area contributed by atoms with Crippen LogP contribution in [0, 0.1) is 0 Å². The summed E-state index contributed by atoms with van der Waals surface area (Å²) in [5.41, 5.74) is 5.62. The van der Waals surface area contributed by atoms with Gasteiger partial charge < -0.3 is 14.6 Å². The Morgan fingerprint density at radius 1 is 0.947 bits per heavy atom. The van der Waals surface area contributed by atoms with Crippen LogP contribution in [0.25, 0.3) is 22.2 Å². The molecule has 0 unspecified atom stereocenters. The zero-order valence-electron chi connectivity index (χ0n) is 21.6. The Balaban J connectivity index is 1.45. The van der Waals surface area contributed by atoms with E-state index >= 15 is 0 Å². The van der Waals surface area contributed by atoms with Crippen molar-refractivity contribution in [3.05, 3.63) is 94.0 Å². The van der Waals surface area contributed by atoms with Crippen LogP contribution >= 0.6 is 23.2 Å². The van der Waals surface area contributed by atoms with Crippen molar-refractivity contribution in [3.63, 3.8) is 0 Å². The number of carbonyl (C=O) groups excluding carboxylic acids is 1. The number of carbonyl (C=O) groups is 1. The third kappa shape index (κ3) is 5.76. The molecule has 38 heavy (non-hydrogen) atoms. The smallest absolute Gasteiger partial charge is 0.240 e. The number of ether oxygens (including phenoxy) is 1. The second-order valence-electron chi connectivity index (χ2n) is 9.82. The van der Waals surface area contributed by atoms with E-state index in [1.807, 2.05) is 30.3 Å². The standard InChI is InChI=1S/C31H33Cl2N3O2/c1-38-19-16-34-29(37)21-36-28-13-6-5-10-24(28)25(31(36)23-8-3-2-4-9-23)20-35-17-14-22(15-18-35)30-26(32)11-7-12-27(30)33/h2-13,22H,14-21H2,1H3,(H,34,37). The van der Waals surface area contributed by atoms with Crippen molar-refractivity contribution in [2.45, 2.75) is 31.8 Å². The minimum Gasteiger partial charge on any atom is -0.383 e. The maximum Gasteiger partial charge on any atom is 0.240 e. The molecule has 0 aliphatic carbocycles. The summed E-state index contributed by atoms with van der Waals surface area (Å²) in [5.74, 6) is 0.335. The van der Waals surface area contributed by atoms with Gasteiger partial charge in [-0.1, -0.05) is 77.8 Å². The number of likely N-dealkylation sites (tertiary alicyclic amines) is 1. The van der Waals surface area contributed by atoms with Crippen LogP contribution < -0.4 is 5.32 Å². The van der Waals surface area contributed by atoms with Crippen LogP contribution in [0.5, 0.6) is 0 Å². The van der Waals surface area contributed by atoms with Crippen LogP contribution in [0.1, 0.15) is 29.9 Å². The van der Waals surface area contributed by atoms with E-state index in [1.165, 1.54) is 10.9 Å². The quantitative estimate of drug-likeness (QED) is 0.234. The average molecular weight is 551 g/mol. The Kier molecular flexibility index (Phi) is 8.70. The van der Waals surface area contributed by atoms with Crippen LogP contribution in [-0.4, -0.2) is 48.7 Å². The number of nitrogens with one attached hydrogen (secondary N) is 1. The van der Waals surface area contributed by atoms with Crippen LogP contribution in [-0.2, 0) is 22.6 Å². The van der Waals surface area contributed by atoms with Gasteiger partial charge in [0.25, 0.3) is 0 Å². The molecule has 0 radical (unpaired) electrons. The lowest BCUT2D eigenvalue weighted by Gasteiger charge is -2.33. The van der Waals surface area contributed by atoms with Gasteiger partial charge in [-0.05, 0) is 66.7 Å². The monoisotopic (exact) mass is 549 g/mol. The maximum atomic E-state index is 12.9. The molecule has 198 valence electrons. The normalized spacial score (nSPS) is 14.7. The third-order valence-corrected chi connectivity index (χ3v) is 8.09. The van der Waals surface area contributed by atoms with Crippen molar-refractivity contribution in [1.29, 1.82) is 0 Å². The van der Waals surface area contributed by atoms with E-state index in [0.717, 1.165) is 64.9 Å². The zero-order valence-corrected chi connectivity index (χ0v) is 23.1. The lowest BCUT2D eigenvalue weighted by molar-refractivity contribution is -0.121. The van der Waals surface area contributed by atoms with Crippen LogP contribution in [0.2, 0.25) is 10.0 Å². The number of methoxy groups -OCH3 is 1. The molecule has 1 amide bonds. The first kappa shape index (κ1) is 26.8. The minimum absolute atomic E-state index is 0.0241. The first-order valence-corrected chi connectivity index (χ1v) is 13.9. The van der Waals surface area contributed by atoms with Gasteiger partial charge in [-0.15, -0.1) is 0 Å². The van der Waals surface area contributed by atoms with E-state index in [4.69, 9.17) is 27.9 Å². The number of rotatable bonds is 9. The number of aromatic nitrogens is 1. The highest BCUT2D eigenvalue weighted by Gasteiger charge is 2.27. The number of fused-ring (bicyclic) bond motifs is 1. The second kappa shape index (κ2) is 12.4. The highest BCUT2D eigenvalue weighted by Crippen LogP contribution is 2.39. The third-order valence-electron chi connectivity index (χ3n) is 7.43. The van der Waals surface area contributed by atoms with Crippen LogP contribution in [0.3, 0.4) is 0 Å². The molecule has 0 saturated carbocycles. The molecule has 3 aromatic carbocycles. The van der Waals surface area contributed by atoms with Gasteiger partial charge in [0, 0.05) is 41.1 Å². The van der Waals surface area contributed by atoms with Gasteiger partial charge in [-0.3, -0.25) is 9.69 Å². The number of piperidine rings is 1. The fourth-order valence-corrected chi connectivity index (χ4v) is 6.33. The Morgan fingerprint density at radius 3 is 2.34 bits per heavy atom. The molecule has 5 nitrogen and oxygen atoms in total. The summed E-state index contributed by atoms with van der Waals surface area (Å²) in [6.07, 6.45) is 2.01. The fourth-order valence-electron chi connectivity index (χ4n) is 5.62. The topological polar surface area (TPSA) is 46.5 Å². The molecule has 5 rings (SSSR count). The van der Waals surface area contributed by atoms with Gasteiger partial charge in [0.15, 0.2) is 0 Å². The van der Waals surface area contributed by atoms with E-state index in [2.05, 4.69) is 57.2 Å². The van der Waals surface area contributed by atoms with E-state index in [-0.39, 0.29) is 12.5 Å².